The van der Waals surface area contributed by atoms with Crippen molar-refractivity contribution in [2.45, 2.75) is 148 Å². The van der Waals surface area contributed by atoms with Crippen LogP contribution in [0.5, 0.6) is 0 Å². The van der Waals surface area contributed by atoms with Gasteiger partial charge in [-0.2, -0.15) is 0 Å². The lowest BCUT2D eigenvalue weighted by atomic mass is 10.1. The molecule has 4 N–H and O–H groups in total. The number of hydrogen-bond acceptors (Lipinski definition) is 5. The van der Waals surface area contributed by atoms with Crippen molar-refractivity contribution in [1.29, 1.82) is 0 Å². The molecule has 0 radical (unpaired) electrons. The molecule has 0 rings (SSSR count). The first-order valence-corrected chi connectivity index (χ1v) is 14.1. The molecule has 0 aromatic heterocycles. The second-order valence-corrected chi connectivity index (χ2v) is 9.30. The molecule has 0 fully saturated rings. The van der Waals surface area contributed by atoms with Gasteiger partial charge in [-0.05, 0) is 77.2 Å². The summed E-state index contributed by atoms with van der Waals surface area (Å²) < 4.78 is 12.3. The second kappa shape index (κ2) is 26.2. The van der Waals surface area contributed by atoms with Gasteiger partial charge in [-0.25, -0.2) is 0 Å². The third-order valence-corrected chi connectivity index (χ3v) is 6.30. The van der Waals surface area contributed by atoms with Crippen LogP contribution in [0.15, 0.2) is 12.2 Å². The molecule has 0 aromatic carbocycles. The third kappa shape index (κ3) is 21.8. The van der Waals surface area contributed by atoms with Crippen molar-refractivity contribution < 1.29 is 19.7 Å². The van der Waals surface area contributed by atoms with E-state index in [9.17, 15) is 10.2 Å². The van der Waals surface area contributed by atoms with Crippen molar-refractivity contribution in [2.24, 2.45) is 5.73 Å². The van der Waals surface area contributed by atoms with Crippen LogP contribution in [0.25, 0.3) is 0 Å². The molecule has 198 valence electrons. The molecule has 0 spiro atoms. The van der Waals surface area contributed by atoms with Crippen LogP contribution in [0.1, 0.15) is 129 Å². The maximum absolute atomic E-state index is 9.26. The van der Waals surface area contributed by atoms with Crippen molar-refractivity contribution in [2.75, 3.05) is 19.8 Å². The second-order valence-electron chi connectivity index (χ2n) is 9.30. The topological polar surface area (TPSA) is 84.9 Å². The van der Waals surface area contributed by atoms with Crippen LogP contribution >= 0.6 is 0 Å². The minimum Gasteiger partial charge on any atom is -0.396 e. The number of ether oxygens (including phenoxy) is 2. The number of aliphatic hydroxyl groups is 2. The van der Waals surface area contributed by atoms with Gasteiger partial charge < -0.3 is 25.4 Å². The third-order valence-electron chi connectivity index (χ3n) is 6.30. The summed E-state index contributed by atoms with van der Waals surface area (Å²) in [5.74, 6) is 0. The van der Waals surface area contributed by atoms with Gasteiger partial charge in [0, 0.05) is 13.2 Å². The van der Waals surface area contributed by atoms with E-state index in [1.807, 2.05) is 0 Å². The number of allylic oxidation sites excluding steroid dienone is 2. The van der Waals surface area contributed by atoms with Crippen LogP contribution in [-0.4, -0.2) is 48.5 Å². The maximum atomic E-state index is 9.26. The highest BCUT2D eigenvalue weighted by molar-refractivity contribution is 4.81. The first-order valence-electron chi connectivity index (χ1n) is 14.1. The highest BCUT2D eigenvalue weighted by Gasteiger charge is 2.19. The lowest BCUT2D eigenvalue weighted by Crippen LogP contribution is -2.30. The molecule has 0 aliphatic carbocycles. The van der Waals surface area contributed by atoms with E-state index in [0.29, 0.717) is 12.8 Å². The average molecular weight is 472 g/mol. The Kier molecular flexibility index (Phi) is 25.8. The van der Waals surface area contributed by atoms with E-state index in [0.717, 1.165) is 32.2 Å². The van der Waals surface area contributed by atoms with Gasteiger partial charge in [0.25, 0.3) is 0 Å². The molecule has 0 saturated heterocycles. The standard InChI is InChI=1S/C28H57NO4/c1-3-26(21-24-30)32-28(33-27(4-2)22-25-31)20-18-16-14-12-10-8-6-5-7-9-11-13-15-17-19-23-29/h5-6,26-28,30-31H,3-4,7-25,29H2,1-2H3. The molecule has 0 heterocycles. The van der Waals surface area contributed by atoms with Gasteiger partial charge in [0.05, 0.1) is 12.2 Å². The zero-order valence-electron chi connectivity index (χ0n) is 22.0. The molecule has 0 saturated carbocycles. The van der Waals surface area contributed by atoms with Crippen LogP contribution < -0.4 is 5.73 Å². The Hall–Kier alpha value is -0.460. The highest BCUT2D eigenvalue weighted by Crippen LogP contribution is 2.19. The van der Waals surface area contributed by atoms with Crippen molar-refractivity contribution in [3.63, 3.8) is 0 Å². The van der Waals surface area contributed by atoms with E-state index in [-0.39, 0.29) is 31.7 Å². The summed E-state index contributed by atoms with van der Waals surface area (Å²) in [5, 5.41) is 18.5. The molecule has 0 aliphatic rings. The van der Waals surface area contributed by atoms with Gasteiger partial charge in [-0.15, -0.1) is 0 Å². The summed E-state index contributed by atoms with van der Waals surface area (Å²) in [5.41, 5.74) is 5.52. The summed E-state index contributed by atoms with van der Waals surface area (Å²) in [4.78, 5) is 0. The van der Waals surface area contributed by atoms with E-state index in [2.05, 4.69) is 26.0 Å². The average Bonchev–Trinajstić information content (AvgIpc) is 2.82. The van der Waals surface area contributed by atoms with Crippen LogP contribution in [-0.2, 0) is 9.47 Å². The first-order chi connectivity index (χ1) is 16.2. The fourth-order valence-electron chi connectivity index (χ4n) is 4.08. The maximum Gasteiger partial charge on any atom is 0.158 e. The van der Waals surface area contributed by atoms with Crippen LogP contribution in [0.4, 0.5) is 0 Å². The Balaban J connectivity index is 3.88. The van der Waals surface area contributed by atoms with E-state index in [4.69, 9.17) is 15.2 Å². The van der Waals surface area contributed by atoms with Crippen molar-refractivity contribution in [3.8, 4) is 0 Å². The normalized spacial score (nSPS) is 14.7. The molecule has 5 nitrogen and oxygen atoms in total. The molecule has 0 aliphatic heterocycles. The summed E-state index contributed by atoms with van der Waals surface area (Å²) in [6.07, 6.45) is 24.8. The summed E-state index contributed by atoms with van der Waals surface area (Å²) in [6, 6.07) is 0. The quantitative estimate of drug-likeness (QED) is 0.0747. The monoisotopic (exact) mass is 471 g/mol. The Morgan fingerprint density at radius 2 is 1.03 bits per heavy atom. The number of hydrogen-bond donors (Lipinski definition) is 3. The Morgan fingerprint density at radius 1 is 0.606 bits per heavy atom. The fraction of sp³-hybridized carbons (Fsp3) is 0.929. The molecular weight excluding hydrogens is 414 g/mol. The van der Waals surface area contributed by atoms with E-state index < -0.39 is 0 Å². The van der Waals surface area contributed by atoms with Gasteiger partial charge in [0.2, 0.25) is 0 Å². The number of unbranched alkanes of at least 4 members (excludes halogenated alkanes) is 11. The van der Waals surface area contributed by atoms with E-state index in [1.54, 1.807) is 0 Å². The molecule has 5 heteroatoms. The number of aliphatic hydroxyl groups excluding tert-OH is 2. The number of nitrogens with two attached hydrogens (primary N) is 1. The lowest BCUT2D eigenvalue weighted by Gasteiger charge is -2.28. The molecule has 2 unspecified atom stereocenters. The number of rotatable bonds is 26. The summed E-state index contributed by atoms with van der Waals surface area (Å²) >= 11 is 0. The largest absolute Gasteiger partial charge is 0.396 e. The van der Waals surface area contributed by atoms with E-state index in [1.165, 1.54) is 77.0 Å². The van der Waals surface area contributed by atoms with Crippen LogP contribution in [0, 0.1) is 0 Å². The molecule has 33 heavy (non-hydrogen) atoms. The smallest absolute Gasteiger partial charge is 0.158 e. The van der Waals surface area contributed by atoms with Crippen molar-refractivity contribution in [3.05, 3.63) is 12.2 Å². The van der Waals surface area contributed by atoms with Crippen molar-refractivity contribution in [1.82, 2.24) is 0 Å². The van der Waals surface area contributed by atoms with Gasteiger partial charge in [-0.1, -0.05) is 70.9 Å². The lowest BCUT2D eigenvalue weighted by molar-refractivity contribution is -0.203. The molecule has 0 amide bonds. The van der Waals surface area contributed by atoms with Crippen molar-refractivity contribution >= 4 is 0 Å². The zero-order chi connectivity index (χ0) is 24.4. The zero-order valence-corrected chi connectivity index (χ0v) is 22.0. The molecule has 0 bridgehead atoms. The Morgan fingerprint density at radius 3 is 1.45 bits per heavy atom. The minimum absolute atomic E-state index is 0.0366. The van der Waals surface area contributed by atoms with Gasteiger partial charge in [-0.3, -0.25) is 0 Å². The Bertz CT molecular complexity index is 389. The minimum atomic E-state index is -0.235. The van der Waals surface area contributed by atoms with E-state index >= 15 is 0 Å². The predicted molar refractivity (Wildman–Crippen MR) is 140 cm³/mol. The first kappa shape index (κ1) is 32.5. The predicted octanol–water partition coefficient (Wildman–Crippen LogP) is 6.64. The van der Waals surface area contributed by atoms with Gasteiger partial charge in [0.15, 0.2) is 6.29 Å². The molecule has 2 atom stereocenters. The van der Waals surface area contributed by atoms with Gasteiger partial charge >= 0.3 is 0 Å². The Labute approximate surface area is 205 Å². The SMILES string of the molecule is CCC(CCO)OC(CCCCCCCC=CCCCCCCCCN)OC(CC)CCO. The van der Waals surface area contributed by atoms with Crippen LogP contribution in [0.3, 0.4) is 0 Å². The highest BCUT2D eigenvalue weighted by atomic mass is 16.7. The summed E-state index contributed by atoms with van der Waals surface area (Å²) in [6.45, 7) is 5.29. The molecule has 0 aromatic rings. The molecular formula is C28H57NO4. The van der Waals surface area contributed by atoms with Crippen LogP contribution in [0.2, 0.25) is 0 Å². The fourth-order valence-corrected chi connectivity index (χ4v) is 4.08. The summed E-state index contributed by atoms with van der Waals surface area (Å²) in [7, 11) is 0. The van der Waals surface area contributed by atoms with Gasteiger partial charge in [0.1, 0.15) is 0 Å².